The van der Waals surface area contributed by atoms with Crippen molar-refractivity contribution in [1.82, 2.24) is 4.90 Å². The lowest BCUT2D eigenvalue weighted by atomic mass is 9.69. The first kappa shape index (κ1) is 15.3. The van der Waals surface area contributed by atoms with E-state index in [1.54, 1.807) is 4.90 Å². The Hall–Kier alpha value is -0.630. The van der Waals surface area contributed by atoms with E-state index in [9.17, 15) is 27.3 Å². The summed E-state index contributed by atoms with van der Waals surface area (Å²) in [5.41, 5.74) is -2.71. The van der Waals surface area contributed by atoms with Crippen molar-refractivity contribution >= 4 is 16.7 Å². The van der Waals surface area contributed by atoms with Gasteiger partial charge in [0.05, 0.1) is 5.25 Å². The van der Waals surface area contributed by atoms with Crippen LogP contribution >= 0.6 is 0 Å². The van der Waals surface area contributed by atoms with Gasteiger partial charge in [0.15, 0.2) is 5.60 Å². The summed E-state index contributed by atoms with van der Waals surface area (Å²) >= 11 is 0. The quantitative estimate of drug-likeness (QED) is 0.788. The van der Waals surface area contributed by atoms with Crippen molar-refractivity contribution in [3.05, 3.63) is 0 Å². The first-order valence-corrected chi connectivity index (χ1v) is 8.46. The molecule has 0 radical (unpaired) electrons. The first-order valence-electron chi connectivity index (χ1n) is 7.18. The van der Waals surface area contributed by atoms with Crippen molar-refractivity contribution in [3.63, 3.8) is 0 Å². The lowest BCUT2D eigenvalue weighted by Gasteiger charge is -2.45. The van der Waals surface area contributed by atoms with Crippen LogP contribution < -0.4 is 0 Å². The average molecular weight is 325 g/mol. The Balaban J connectivity index is 1.62. The highest BCUT2D eigenvalue weighted by Crippen LogP contribution is 2.49. The van der Waals surface area contributed by atoms with Crippen LogP contribution in [-0.4, -0.2) is 55.5 Å². The Morgan fingerprint density at radius 2 is 1.81 bits per heavy atom. The van der Waals surface area contributed by atoms with Gasteiger partial charge in [-0.25, -0.2) is 0 Å². The minimum absolute atomic E-state index is 0.0389. The highest BCUT2D eigenvalue weighted by atomic mass is 32.2. The molecular formula is C13H18F3NO3S. The number of likely N-dealkylation sites (tertiary alicyclic amines) is 1. The van der Waals surface area contributed by atoms with Gasteiger partial charge in [-0.15, -0.1) is 0 Å². The van der Waals surface area contributed by atoms with Crippen LogP contribution in [-0.2, 0) is 15.6 Å². The minimum Gasteiger partial charge on any atom is -0.380 e. The van der Waals surface area contributed by atoms with Gasteiger partial charge in [-0.3, -0.25) is 9.00 Å². The Morgan fingerprint density at radius 1 is 1.19 bits per heavy atom. The second-order valence-electron chi connectivity index (χ2n) is 6.36. The van der Waals surface area contributed by atoms with Crippen molar-refractivity contribution in [2.75, 3.05) is 13.1 Å². The molecule has 3 atom stereocenters. The smallest absolute Gasteiger partial charge is 0.380 e. The van der Waals surface area contributed by atoms with Crippen LogP contribution in [0.1, 0.15) is 32.1 Å². The van der Waals surface area contributed by atoms with Crippen molar-refractivity contribution < 1.29 is 27.3 Å². The van der Waals surface area contributed by atoms with Gasteiger partial charge in [-0.1, -0.05) is 0 Å². The molecule has 3 rings (SSSR count). The zero-order chi connectivity index (χ0) is 15.4. The van der Waals surface area contributed by atoms with Crippen LogP contribution in [0.2, 0.25) is 0 Å². The minimum atomic E-state index is -4.68. The van der Waals surface area contributed by atoms with E-state index in [1.165, 1.54) is 0 Å². The second kappa shape index (κ2) is 4.94. The van der Waals surface area contributed by atoms with Gasteiger partial charge in [0.25, 0.3) is 0 Å². The van der Waals surface area contributed by atoms with Crippen molar-refractivity contribution in [2.45, 2.75) is 54.4 Å². The molecule has 0 aromatic rings. The Bertz CT molecular complexity index is 476. The maximum atomic E-state index is 12.6. The molecule has 8 heteroatoms. The number of carbonyl (C=O) groups is 1. The van der Waals surface area contributed by atoms with Crippen LogP contribution in [0.4, 0.5) is 13.2 Å². The van der Waals surface area contributed by atoms with E-state index in [0.29, 0.717) is 19.5 Å². The van der Waals surface area contributed by atoms with E-state index in [4.69, 9.17) is 0 Å². The SMILES string of the molecule is O=C(C1CC(O)(C(F)(F)F)C1)N1CCC2CCC(C1)S2=O. The van der Waals surface area contributed by atoms with E-state index in [2.05, 4.69) is 0 Å². The van der Waals surface area contributed by atoms with E-state index in [0.717, 1.165) is 12.8 Å². The van der Waals surface area contributed by atoms with Crippen molar-refractivity contribution in [2.24, 2.45) is 5.92 Å². The number of hydrogen-bond donors (Lipinski definition) is 1. The average Bonchev–Trinajstić information content (AvgIpc) is 2.57. The summed E-state index contributed by atoms with van der Waals surface area (Å²) < 4.78 is 49.8. The second-order valence-corrected chi connectivity index (χ2v) is 8.35. The topological polar surface area (TPSA) is 57.6 Å². The van der Waals surface area contributed by atoms with E-state index in [1.807, 2.05) is 0 Å². The van der Waals surface area contributed by atoms with Gasteiger partial charge in [0.2, 0.25) is 5.91 Å². The molecule has 3 aliphatic rings. The van der Waals surface area contributed by atoms with Crippen LogP contribution in [0.5, 0.6) is 0 Å². The van der Waals surface area contributed by atoms with Gasteiger partial charge in [-0.05, 0) is 32.1 Å². The summed E-state index contributed by atoms with van der Waals surface area (Å²) in [5.74, 6) is -1.09. The fraction of sp³-hybridized carbons (Fsp3) is 0.923. The molecule has 1 aliphatic carbocycles. The standard InChI is InChI=1S/C13H18F3NO3S/c14-13(15,16)12(19)5-8(6-12)11(18)17-4-3-9-1-2-10(7-17)21(9)20/h8-10,19H,1-7H2. The highest BCUT2D eigenvalue weighted by molar-refractivity contribution is 7.86. The maximum absolute atomic E-state index is 12.6. The third-order valence-electron chi connectivity index (χ3n) is 4.97. The molecule has 1 saturated carbocycles. The van der Waals surface area contributed by atoms with Gasteiger partial charge in [0, 0.05) is 35.1 Å². The molecule has 2 saturated heterocycles. The normalized spacial score (nSPS) is 43.3. The van der Waals surface area contributed by atoms with Crippen LogP contribution in [0.15, 0.2) is 0 Å². The van der Waals surface area contributed by atoms with Gasteiger partial charge < -0.3 is 10.0 Å². The van der Waals surface area contributed by atoms with Crippen LogP contribution in [0.25, 0.3) is 0 Å². The molecule has 3 fully saturated rings. The molecular weight excluding hydrogens is 307 g/mol. The summed E-state index contributed by atoms with van der Waals surface area (Å²) in [6.07, 6.45) is -3.39. The molecule has 0 aromatic heterocycles. The van der Waals surface area contributed by atoms with Gasteiger partial charge >= 0.3 is 6.18 Å². The molecule has 2 bridgehead atoms. The monoisotopic (exact) mass is 325 g/mol. The van der Waals surface area contributed by atoms with E-state index in [-0.39, 0.29) is 16.4 Å². The Morgan fingerprint density at radius 3 is 2.43 bits per heavy atom. The van der Waals surface area contributed by atoms with E-state index >= 15 is 0 Å². The molecule has 0 spiro atoms. The third kappa shape index (κ3) is 2.50. The highest BCUT2D eigenvalue weighted by Gasteiger charge is 2.63. The van der Waals surface area contributed by atoms with E-state index < -0.39 is 41.3 Å². The molecule has 4 nitrogen and oxygen atoms in total. The number of alkyl halides is 3. The predicted octanol–water partition coefficient (Wildman–Crippen LogP) is 1.20. The number of nitrogens with zero attached hydrogens (tertiary/aromatic N) is 1. The fourth-order valence-corrected chi connectivity index (χ4v) is 5.50. The molecule has 2 aliphatic heterocycles. The molecule has 0 aromatic carbocycles. The lowest BCUT2D eigenvalue weighted by molar-refractivity contribution is -0.296. The largest absolute Gasteiger partial charge is 0.417 e. The molecule has 120 valence electrons. The molecule has 3 unspecified atom stereocenters. The maximum Gasteiger partial charge on any atom is 0.417 e. The summed E-state index contributed by atoms with van der Waals surface area (Å²) in [6.45, 7) is 0.843. The summed E-state index contributed by atoms with van der Waals surface area (Å²) in [7, 11) is -0.923. The van der Waals surface area contributed by atoms with Crippen LogP contribution in [0.3, 0.4) is 0 Å². The van der Waals surface area contributed by atoms with Crippen molar-refractivity contribution in [3.8, 4) is 0 Å². The predicted molar refractivity (Wildman–Crippen MR) is 69.9 cm³/mol. The zero-order valence-electron chi connectivity index (χ0n) is 11.4. The van der Waals surface area contributed by atoms with Gasteiger partial charge in [-0.2, -0.15) is 13.2 Å². The molecule has 1 amide bonds. The summed E-state index contributed by atoms with van der Waals surface area (Å²) in [6, 6.07) is 0. The lowest BCUT2D eigenvalue weighted by Crippen LogP contribution is -2.59. The number of carbonyl (C=O) groups excluding carboxylic acids is 1. The summed E-state index contributed by atoms with van der Waals surface area (Å²) in [4.78, 5) is 13.8. The third-order valence-corrected chi connectivity index (χ3v) is 7.14. The number of amides is 1. The summed E-state index contributed by atoms with van der Waals surface area (Å²) in [5, 5.41) is 9.51. The number of aliphatic hydroxyl groups is 1. The van der Waals surface area contributed by atoms with Crippen molar-refractivity contribution in [1.29, 1.82) is 0 Å². The molecule has 2 heterocycles. The number of halogens is 3. The molecule has 21 heavy (non-hydrogen) atoms. The number of rotatable bonds is 1. The number of hydrogen-bond acceptors (Lipinski definition) is 3. The van der Waals surface area contributed by atoms with Gasteiger partial charge in [0.1, 0.15) is 0 Å². The number of fused-ring (bicyclic) bond motifs is 2. The Kier molecular flexibility index (Phi) is 3.59. The zero-order valence-corrected chi connectivity index (χ0v) is 12.3. The fourth-order valence-electron chi connectivity index (χ4n) is 3.56. The van der Waals surface area contributed by atoms with Crippen LogP contribution in [0, 0.1) is 5.92 Å². The Labute approximate surface area is 123 Å². The molecule has 1 N–H and O–H groups in total. The first-order chi connectivity index (χ1) is 9.71.